The van der Waals surface area contributed by atoms with E-state index >= 15 is 0 Å². The first-order valence-electron chi connectivity index (χ1n) is 5.92. The third-order valence-corrected chi connectivity index (χ3v) is 2.22. The van der Waals surface area contributed by atoms with Gasteiger partial charge >= 0.3 is 0 Å². The number of benzene rings is 1. The number of hydrogen-bond donors (Lipinski definition) is 2. The van der Waals surface area contributed by atoms with Crippen molar-refractivity contribution in [3.8, 4) is 0 Å². The molecule has 1 amide bonds. The highest BCUT2D eigenvalue weighted by Crippen LogP contribution is 1.99. The molecule has 0 bridgehead atoms. The normalized spacial score (nSPS) is 10.2. The Morgan fingerprint density at radius 1 is 1.24 bits per heavy atom. The number of ether oxygens (including phenoxy) is 1. The molecule has 0 spiro atoms. The molecule has 0 aliphatic rings. The highest BCUT2D eigenvalue weighted by Gasteiger charge is 2.00. The summed E-state index contributed by atoms with van der Waals surface area (Å²) in [7, 11) is 0. The van der Waals surface area contributed by atoms with Gasteiger partial charge in [0.2, 0.25) is 5.91 Å². The molecule has 0 aliphatic carbocycles. The largest absolute Gasteiger partial charge is 0.367 e. The Kier molecular flexibility index (Phi) is 7.02. The van der Waals surface area contributed by atoms with Crippen molar-refractivity contribution in [3.63, 3.8) is 0 Å². The summed E-state index contributed by atoms with van der Waals surface area (Å²) >= 11 is 0. The molecule has 94 valence electrons. The van der Waals surface area contributed by atoms with Crippen molar-refractivity contribution in [2.45, 2.75) is 13.5 Å². The fourth-order valence-corrected chi connectivity index (χ4v) is 1.35. The molecule has 0 saturated carbocycles. The van der Waals surface area contributed by atoms with Gasteiger partial charge in [-0.05, 0) is 12.1 Å². The van der Waals surface area contributed by atoms with Crippen LogP contribution in [0, 0.1) is 0 Å². The summed E-state index contributed by atoms with van der Waals surface area (Å²) in [6.07, 6.45) is 0. The van der Waals surface area contributed by atoms with E-state index in [4.69, 9.17) is 4.74 Å². The van der Waals surface area contributed by atoms with Gasteiger partial charge in [0.25, 0.3) is 0 Å². The van der Waals surface area contributed by atoms with Gasteiger partial charge in [0, 0.05) is 13.1 Å². The van der Waals surface area contributed by atoms with E-state index < -0.39 is 0 Å². The highest BCUT2D eigenvalue weighted by atomic mass is 16.5. The first kappa shape index (κ1) is 13.7. The smallest absolute Gasteiger partial charge is 0.246 e. The Labute approximate surface area is 102 Å². The fraction of sp³-hybridized carbons (Fsp3) is 0.462. The van der Waals surface area contributed by atoms with Crippen LogP contribution in [0.25, 0.3) is 0 Å². The Morgan fingerprint density at radius 2 is 2.00 bits per heavy atom. The fourth-order valence-electron chi connectivity index (χ4n) is 1.35. The molecule has 1 aromatic rings. The zero-order chi connectivity index (χ0) is 12.3. The van der Waals surface area contributed by atoms with E-state index in [9.17, 15) is 4.79 Å². The molecular formula is C13H20N2O2. The molecule has 0 radical (unpaired) electrons. The number of nitrogens with one attached hydrogen (secondary N) is 2. The Balaban J connectivity index is 2.04. The second kappa shape index (κ2) is 8.73. The molecule has 17 heavy (non-hydrogen) atoms. The molecule has 0 atom stereocenters. The number of likely N-dealkylation sites (N-methyl/N-ethyl adjacent to an activating group) is 1. The van der Waals surface area contributed by atoms with Gasteiger partial charge in [0.15, 0.2) is 0 Å². The Bertz CT molecular complexity index is 314. The van der Waals surface area contributed by atoms with Crippen molar-refractivity contribution in [2.24, 2.45) is 0 Å². The van der Waals surface area contributed by atoms with E-state index in [0.29, 0.717) is 13.2 Å². The molecule has 0 unspecified atom stereocenters. The minimum Gasteiger partial charge on any atom is -0.367 e. The maximum absolute atomic E-state index is 11.3. The van der Waals surface area contributed by atoms with Crippen LogP contribution in [0.3, 0.4) is 0 Å². The topological polar surface area (TPSA) is 50.4 Å². The predicted molar refractivity (Wildman–Crippen MR) is 67.7 cm³/mol. The van der Waals surface area contributed by atoms with E-state index in [0.717, 1.165) is 18.7 Å². The van der Waals surface area contributed by atoms with Gasteiger partial charge in [-0.1, -0.05) is 37.3 Å². The summed E-state index contributed by atoms with van der Waals surface area (Å²) in [5.41, 5.74) is 1.08. The first-order valence-corrected chi connectivity index (χ1v) is 5.92. The van der Waals surface area contributed by atoms with Crippen LogP contribution in [0.4, 0.5) is 0 Å². The van der Waals surface area contributed by atoms with Crippen molar-refractivity contribution in [2.75, 3.05) is 26.2 Å². The lowest BCUT2D eigenvalue weighted by atomic mass is 10.2. The molecule has 4 heteroatoms. The van der Waals surface area contributed by atoms with Crippen LogP contribution in [-0.2, 0) is 16.1 Å². The van der Waals surface area contributed by atoms with Gasteiger partial charge in [-0.15, -0.1) is 0 Å². The van der Waals surface area contributed by atoms with Crippen LogP contribution in [0.2, 0.25) is 0 Å². The molecule has 1 aromatic carbocycles. The zero-order valence-electron chi connectivity index (χ0n) is 10.2. The van der Waals surface area contributed by atoms with Crippen molar-refractivity contribution in [1.29, 1.82) is 0 Å². The standard InChI is InChI=1S/C13H20N2O2/c1-2-14-8-9-15-13(16)11-17-10-12-6-4-3-5-7-12/h3-7,14H,2,8-11H2,1H3,(H,15,16). The summed E-state index contributed by atoms with van der Waals surface area (Å²) in [5.74, 6) is -0.0705. The van der Waals surface area contributed by atoms with Crippen LogP contribution in [0.15, 0.2) is 30.3 Å². The van der Waals surface area contributed by atoms with E-state index in [1.807, 2.05) is 37.3 Å². The highest BCUT2D eigenvalue weighted by molar-refractivity contribution is 5.77. The summed E-state index contributed by atoms with van der Waals surface area (Å²) in [6.45, 7) is 4.97. The number of amides is 1. The molecule has 1 rings (SSSR count). The zero-order valence-corrected chi connectivity index (χ0v) is 10.2. The minimum atomic E-state index is -0.0705. The van der Waals surface area contributed by atoms with Crippen molar-refractivity contribution >= 4 is 5.91 Å². The van der Waals surface area contributed by atoms with Gasteiger partial charge in [0.05, 0.1) is 6.61 Å². The lowest BCUT2D eigenvalue weighted by Crippen LogP contribution is -2.33. The minimum absolute atomic E-state index is 0.0705. The summed E-state index contributed by atoms with van der Waals surface area (Å²) in [6, 6.07) is 9.81. The van der Waals surface area contributed by atoms with Crippen LogP contribution < -0.4 is 10.6 Å². The van der Waals surface area contributed by atoms with Crippen LogP contribution in [0.5, 0.6) is 0 Å². The molecule has 0 aromatic heterocycles. The maximum atomic E-state index is 11.3. The number of carbonyl (C=O) groups is 1. The molecule has 2 N–H and O–H groups in total. The van der Waals surface area contributed by atoms with Crippen molar-refractivity contribution < 1.29 is 9.53 Å². The van der Waals surface area contributed by atoms with E-state index in [2.05, 4.69) is 10.6 Å². The summed E-state index contributed by atoms with van der Waals surface area (Å²) in [5, 5.41) is 5.91. The number of hydrogen-bond acceptors (Lipinski definition) is 3. The molecule has 0 aliphatic heterocycles. The Morgan fingerprint density at radius 3 is 2.71 bits per heavy atom. The van der Waals surface area contributed by atoms with Gasteiger partial charge in [0.1, 0.15) is 6.61 Å². The number of carbonyl (C=O) groups excluding carboxylic acids is 1. The van der Waals surface area contributed by atoms with Gasteiger partial charge < -0.3 is 15.4 Å². The third-order valence-electron chi connectivity index (χ3n) is 2.22. The van der Waals surface area contributed by atoms with Crippen LogP contribution in [-0.4, -0.2) is 32.1 Å². The Hall–Kier alpha value is -1.39. The van der Waals surface area contributed by atoms with Gasteiger partial charge in [-0.3, -0.25) is 4.79 Å². The molecular weight excluding hydrogens is 216 g/mol. The predicted octanol–water partition coefficient (Wildman–Crippen LogP) is 0.929. The average molecular weight is 236 g/mol. The summed E-state index contributed by atoms with van der Waals surface area (Å²) in [4.78, 5) is 11.3. The molecule has 0 heterocycles. The van der Waals surface area contributed by atoms with Crippen LogP contribution >= 0.6 is 0 Å². The summed E-state index contributed by atoms with van der Waals surface area (Å²) < 4.78 is 5.31. The second-order valence-electron chi connectivity index (χ2n) is 3.68. The van der Waals surface area contributed by atoms with Crippen molar-refractivity contribution in [3.05, 3.63) is 35.9 Å². The molecule has 4 nitrogen and oxygen atoms in total. The van der Waals surface area contributed by atoms with Crippen LogP contribution in [0.1, 0.15) is 12.5 Å². The lowest BCUT2D eigenvalue weighted by Gasteiger charge is -2.06. The average Bonchev–Trinajstić information content (AvgIpc) is 2.36. The van der Waals surface area contributed by atoms with E-state index in [1.165, 1.54) is 0 Å². The lowest BCUT2D eigenvalue weighted by molar-refractivity contribution is -0.126. The SMILES string of the molecule is CCNCCNC(=O)COCc1ccccc1. The van der Waals surface area contributed by atoms with Crippen molar-refractivity contribution in [1.82, 2.24) is 10.6 Å². The van der Waals surface area contributed by atoms with E-state index in [-0.39, 0.29) is 12.5 Å². The monoisotopic (exact) mass is 236 g/mol. The second-order valence-corrected chi connectivity index (χ2v) is 3.68. The molecule has 0 fully saturated rings. The van der Waals surface area contributed by atoms with E-state index in [1.54, 1.807) is 0 Å². The number of rotatable bonds is 8. The third kappa shape index (κ3) is 6.71. The quantitative estimate of drug-likeness (QED) is 0.660. The van der Waals surface area contributed by atoms with Gasteiger partial charge in [-0.2, -0.15) is 0 Å². The first-order chi connectivity index (χ1) is 8.33. The van der Waals surface area contributed by atoms with Gasteiger partial charge in [-0.25, -0.2) is 0 Å². The maximum Gasteiger partial charge on any atom is 0.246 e. The molecule has 0 saturated heterocycles.